The van der Waals surface area contributed by atoms with Crippen molar-refractivity contribution in [1.29, 1.82) is 0 Å². The summed E-state index contributed by atoms with van der Waals surface area (Å²) in [5.41, 5.74) is 0.913. The molecule has 1 amide bonds. The van der Waals surface area contributed by atoms with Crippen molar-refractivity contribution in [2.75, 3.05) is 13.1 Å². The van der Waals surface area contributed by atoms with Gasteiger partial charge in [-0.05, 0) is 30.0 Å². The fourth-order valence-electron chi connectivity index (χ4n) is 2.23. The van der Waals surface area contributed by atoms with Gasteiger partial charge < -0.3 is 14.6 Å². The van der Waals surface area contributed by atoms with Gasteiger partial charge in [-0.15, -0.1) is 11.3 Å². The van der Waals surface area contributed by atoms with Crippen LogP contribution in [0, 0.1) is 0 Å². The second-order valence-corrected chi connectivity index (χ2v) is 5.34. The molecule has 0 aliphatic carbocycles. The molecule has 2 aromatic rings. The molecule has 94 valence electrons. The van der Waals surface area contributed by atoms with Crippen LogP contribution in [0.5, 0.6) is 0 Å². The Morgan fingerprint density at radius 1 is 1.39 bits per heavy atom. The van der Waals surface area contributed by atoms with Gasteiger partial charge in [0, 0.05) is 25.5 Å². The molecule has 1 aliphatic rings. The van der Waals surface area contributed by atoms with E-state index in [0.29, 0.717) is 19.5 Å². The van der Waals surface area contributed by atoms with Crippen LogP contribution in [0.4, 0.5) is 0 Å². The zero-order chi connectivity index (χ0) is 12.5. The molecular weight excluding hydrogens is 248 g/mol. The maximum atomic E-state index is 12.4. The maximum Gasteiger partial charge on any atom is 0.266 e. The highest BCUT2D eigenvalue weighted by Crippen LogP contribution is 2.24. The van der Waals surface area contributed by atoms with Gasteiger partial charge in [-0.3, -0.25) is 4.79 Å². The molecule has 0 bridgehead atoms. The van der Waals surface area contributed by atoms with Crippen LogP contribution in [0.3, 0.4) is 0 Å². The predicted molar refractivity (Wildman–Crippen MR) is 70.2 cm³/mol. The number of amides is 1. The summed E-state index contributed by atoms with van der Waals surface area (Å²) in [5, 5.41) is 11.4. The average molecular weight is 262 g/mol. The van der Waals surface area contributed by atoms with Crippen molar-refractivity contribution in [1.82, 2.24) is 9.47 Å². The lowest BCUT2D eigenvalue weighted by Gasteiger charge is -2.15. The van der Waals surface area contributed by atoms with E-state index in [1.165, 1.54) is 11.3 Å². The van der Waals surface area contributed by atoms with Crippen molar-refractivity contribution < 1.29 is 9.90 Å². The van der Waals surface area contributed by atoms with Crippen LogP contribution >= 0.6 is 11.3 Å². The Hall–Kier alpha value is -1.59. The van der Waals surface area contributed by atoms with E-state index in [2.05, 4.69) is 0 Å². The van der Waals surface area contributed by atoms with E-state index < -0.39 is 0 Å². The SMILES string of the molecule is O=C(c1sccc1-n1cccc1)N1CC[C@H](O)C1. The highest BCUT2D eigenvalue weighted by atomic mass is 32.1. The van der Waals surface area contributed by atoms with Gasteiger partial charge in [-0.2, -0.15) is 0 Å². The van der Waals surface area contributed by atoms with E-state index in [1.54, 1.807) is 4.90 Å². The fourth-order valence-corrected chi connectivity index (χ4v) is 3.09. The van der Waals surface area contributed by atoms with Crippen LogP contribution in [0.25, 0.3) is 5.69 Å². The summed E-state index contributed by atoms with van der Waals surface area (Å²) in [6, 6.07) is 5.82. The summed E-state index contributed by atoms with van der Waals surface area (Å²) in [7, 11) is 0. The number of likely N-dealkylation sites (tertiary alicyclic amines) is 1. The summed E-state index contributed by atoms with van der Waals surface area (Å²) in [6.07, 6.45) is 4.16. The molecule has 1 fully saturated rings. The molecule has 0 spiro atoms. The Kier molecular flexibility index (Phi) is 2.93. The Morgan fingerprint density at radius 2 is 2.17 bits per heavy atom. The van der Waals surface area contributed by atoms with Crippen molar-refractivity contribution in [2.45, 2.75) is 12.5 Å². The summed E-state index contributed by atoms with van der Waals surface area (Å²) < 4.78 is 1.94. The van der Waals surface area contributed by atoms with E-state index in [9.17, 15) is 9.90 Å². The number of aliphatic hydroxyl groups excluding tert-OH is 1. The molecule has 3 rings (SSSR count). The average Bonchev–Trinajstić information content (AvgIpc) is 3.08. The highest BCUT2D eigenvalue weighted by Gasteiger charge is 2.27. The van der Waals surface area contributed by atoms with Crippen LogP contribution in [0.1, 0.15) is 16.1 Å². The summed E-state index contributed by atoms with van der Waals surface area (Å²) in [5.74, 6) is 0.0188. The minimum Gasteiger partial charge on any atom is -0.391 e. The number of aromatic nitrogens is 1. The van der Waals surface area contributed by atoms with E-state index in [0.717, 1.165) is 10.6 Å². The van der Waals surface area contributed by atoms with E-state index in [4.69, 9.17) is 0 Å². The smallest absolute Gasteiger partial charge is 0.266 e. The van der Waals surface area contributed by atoms with Gasteiger partial charge in [0.05, 0.1) is 11.8 Å². The number of hydrogen-bond acceptors (Lipinski definition) is 3. The minimum atomic E-state index is -0.371. The normalized spacial score (nSPS) is 19.4. The van der Waals surface area contributed by atoms with Gasteiger partial charge in [0.25, 0.3) is 5.91 Å². The lowest BCUT2D eigenvalue weighted by Crippen LogP contribution is -2.29. The van der Waals surface area contributed by atoms with Gasteiger partial charge in [0.2, 0.25) is 0 Å². The van der Waals surface area contributed by atoms with Crippen molar-refractivity contribution in [3.05, 3.63) is 40.8 Å². The third-order valence-electron chi connectivity index (χ3n) is 3.17. The molecule has 1 N–H and O–H groups in total. The molecule has 4 nitrogen and oxygen atoms in total. The minimum absolute atomic E-state index is 0.0188. The maximum absolute atomic E-state index is 12.4. The lowest BCUT2D eigenvalue weighted by molar-refractivity contribution is 0.0769. The number of aliphatic hydroxyl groups is 1. The molecule has 0 radical (unpaired) electrons. The number of hydrogen-bond donors (Lipinski definition) is 1. The molecule has 0 saturated carbocycles. The van der Waals surface area contributed by atoms with Gasteiger partial charge >= 0.3 is 0 Å². The number of carbonyl (C=O) groups excluding carboxylic acids is 1. The summed E-state index contributed by atoms with van der Waals surface area (Å²) >= 11 is 1.45. The van der Waals surface area contributed by atoms with Crippen LogP contribution in [0.2, 0.25) is 0 Å². The van der Waals surface area contributed by atoms with Crippen molar-refractivity contribution in [2.24, 2.45) is 0 Å². The molecule has 2 aromatic heterocycles. The molecule has 0 aromatic carbocycles. The fraction of sp³-hybridized carbons (Fsp3) is 0.308. The Bertz CT molecular complexity index is 547. The van der Waals surface area contributed by atoms with Crippen molar-refractivity contribution in [3.63, 3.8) is 0 Å². The van der Waals surface area contributed by atoms with Crippen LogP contribution in [-0.2, 0) is 0 Å². The predicted octanol–water partition coefficient (Wildman–Crippen LogP) is 1.75. The number of rotatable bonds is 2. The standard InChI is InChI=1S/C13H14N2O2S/c16-10-3-7-15(9-10)13(17)12-11(4-8-18-12)14-5-1-2-6-14/h1-2,4-6,8,10,16H,3,7,9H2/t10-/m0/s1. The number of carbonyl (C=O) groups is 1. The first-order chi connectivity index (χ1) is 8.75. The third-order valence-corrected chi connectivity index (χ3v) is 4.06. The zero-order valence-corrected chi connectivity index (χ0v) is 10.6. The van der Waals surface area contributed by atoms with Gasteiger partial charge in [0.15, 0.2) is 0 Å². The van der Waals surface area contributed by atoms with Crippen LogP contribution in [-0.4, -0.2) is 39.7 Å². The highest BCUT2D eigenvalue weighted by molar-refractivity contribution is 7.12. The third kappa shape index (κ3) is 1.95. The van der Waals surface area contributed by atoms with Gasteiger partial charge in [-0.1, -0.05) is 0 Å². The van der Waals surface area contributed by atoms with Gasteiger partial charge in [-0.25, -0.2) is 0 Å². The van der Waals surface area contributed by atoms with Crippen molar-refractivity contribution in [3.8, 4) is 5.69 Å². The van der Waals surface area contributed by atoms with Crippen LogP contribution in [0.15, 0.2) is 36.0 Å². The molecule has 1 atom stereocenters. The largest absolute Gasteiger partial charge is 0.391 e. The quantitative estimate of drug-likeness (QED) is 0.896. The molecular formula is C13H14N2O2S. The zero-order valence-electron chi connectivity index (χ0n) is 9.82. The second kappa shape index (κ2) is 4.59. The van der Waals surface area contributed by atoms with Crippen molar-refractivity contribution >= 4 is 17.2 Å². The Balaban J connectivity index is 1.89. The number of thiophene rings is 1. The first-order valence-corrected chi connectivity index (χ1v) is 6.82. The first-order valence-electron chi connectivity index (χ1n) is 5.94. The Morgan fingerprint density at radius 3 is 2.83 bits per heavy atom. The summed E-state index contributed by atoms with van der Waals surface area (Å²) in [4.78, 5) is 14.8. The number of nitrogens with zero attached hydrogens (tertiary/aromatic N) is 2. The topological polar surface area (TPSA) is 45.5 Å². The molecule has 0 unspecified atom stereocenters. The molecule has 1 aliphatic heterocycles. The van der Waals surface area contributed by atoms with E-state index in [1.807, 2.05) is 40.5 Å². The van der Waals surface area contributed by atoms with E-state index in [-0.39, 0.29) is 12.0 Å². The molecule has 3 heterocycles. The molecule has 5 heteroatoms. The van der Waals surface area contributed by atoms with E-state index >= 15 is 0 Å². The monoisotopic (exact) mass is 262 g/mol. The van der Waals surface area contributed by atoms with Gasteiger partial charge in [0.1, 0.15) is 4.88 Å². The molecule has 1 saturated heterocycles. The summed E-state index contributed by atoms with van der Waals surface area (Å²) in [6.45, 7) is 1.09. The lowest BCUT2D eigenvalue weighted by atomic mass is 10.3. The number of β-amino-alcohol motifs (C(OH)–C–C–N with tert-alkyl or cyclic N) is 1. The second-order valence-electron chi connectivity index (χ2n) is 4.42. The first kappa shape index (κ1) is 11.5. The van der Waals surface area contributed by atoms with Crippen LogP contribution < -0.4 is 0 Å². The molecule has 18 heavy (non-hydrogen) atoms. The Labute approximate surface area is 109 Å².